The van der Waals surface area contributed by atoms with E-state index >= 15 is 0 Å². The van der Waals surface area contributed by atoms with Gasteiger partial charge in [-0.25, -0.2) is 9.78 Å². The van der Waals surface area contributed by atoms with Crippen molar-refractivity contribution in [3.8, 4) is 0 Å². The molecule has 0 bridgehead atoms. The SMILES string of the molecule is CCOC(=O)c1csc(NC(=O)Cc2ccc(SC(C)C)cc2)n1. The van der Waals surface area contributed by atoms with Crippen molar-refractivity contribution in [1.29, 1.82) is 0 Å². The van der Waals surface area contributed by atoms with Crippen molar-refractivity contribution >= 4 is 40.1 Å². The van der Waals surface area contributed by atoms with Gasteiger partial charge in [0.25, 0.3) is 0 Å². The minimum absolute atomic E-state index is 0.163. The second kappa shape index (κ2) is 8.84. The number of benzene rings is 1. The van der Waals surface area contributed by atoms with Crippen LogP contribution in [0.5, 0.6) is 0 Å². The summed E-state index contributed by atoms with van der Waals surface area (Å²) in [6, 6.07) is 7.96. The van der Waals surface area contributed by atoms with Crippen LogP contribution in [0.4, 0.5) is 5.13 Å². The lowest BCUT2D eigenvalue weighted by atomic mass is 10.1. The zero-order valence-corrected chi connectivity index (χ0v) is 15.5. The highest BCUT2D eigenvalue weighted by molar-refractivity contribution is 7.99. The number of thiazole rings is 1. The number of esters is 1. The Labute approximate surface area is 149 Å². The van der Waals surface area contributed by atoms with Gasteiger partial charge in [0.05, 0.1) is 13.0 Å². The van der Waals surface area contributed by atoms with Crippen molar-refractivity contribution in [3.63, 3.8) is 0 Å². The third-order valence-electron chi connectivity index (χ3n) is 2.89. The normalized spacial score (nSPS) is 10.7. The van der Waals surface area contributed by atoms with Gasteiger partial charge >= 0.3 is 5.97 Å². The van der Waals surface area contributed by atoms with E-state index in [0.29, 0.717) is 17.0 Å². The van der Waals surface area contributed by atoms with Crippen LogP contribution in [0.3, 0.4) is 0 Å². The first-order valence-corrected chi connectivity index (χ1v) is 9.42. The monoisotopic (exact) mass is 364 g/mol. The van der Waals surface area contributed by atoms with Crippen molar-refractivity contribution in [3.05, 3.63) is 40.9 Å². The second-order valence-corrected chi connectivity index (χ2v) is 7.80. The maximum Gasteiger partial charge on any atom is 0.357 e. The standard InChI is InChI=1S/C17H20N2O3S2/c1-4-22-16(21)14-10-23-17(18-14)19-15(20)9-12-5-7-13(8-6-12)24-11(2)3/h5-8,10-11H,4,9H2,1-3H3,(H,18,19,20). The van der Waals surface area contributed by atoms with E-state index in [1.54, 1.807) is 24.1 Å². The van der Waals surface area contributed by atoms with E-state index in [9.17, 15) is 9.59 Å². The summed E-state index contributed by atoms with van der Waals surface area (Å²) in [6.45, 7) is 6.32. The van der Waals surface area contributed by atoms with Crippen LogP contribution in [0.25, 0.3) is 0 Å². The summed E-state index contributed by atoms with van der Waals surface area (Å²) < 4.78 is 4.87. The maximum atomic E-state index is 12.1. The number of ether oxygens (including phenoxy) is 1. The van der Waals surface area contributed by atoms with Gasteiger partial charge < -0.3 is 10.1 Å². The molecule has 2 rings (SSSR count). The average Bonchev–Trinajstić information content (AvgIpc) is 2.97. The molecule has 0 atom stereocenters. The van der Waals surface area contributed by atoms with E-state index in [2.05, 4.69) is 24.1 Å². The molecule has 1 N–H and O–H groups in total. The Bertz CT molecular complexity index is 696. The molecule has 0 fully saturated rings. The number of hydrogen-bond donors (Lipinski definition) is 1. The number of thioether (sulfide) groups is 1. The van der Waals surface area contributed by atoms with Gasteiger partial charge in [-0.15, -0.1) is 23.1 Å². The van der Waals surface area contributed by atoms with Crippen molar-refractivity contribution in [2.45, 2.75) is 37.3 Å². The topological polar surface area (TPSA) is 68.3 Å². The largest absolute Gasteiger partial charge is 0.461 e. The molecule has 1 heterocycles. The van der Waals surface area contributed by atoms with Gasteiger partial charge in [-0.05, 0) is 24.6 Å². The minimum atomic E-state index is -0.479. The number of anilines is 1. The number of carbonyl (C=O) groups is 2. The van der Waals surface area contributed by atoms with Crippen molar-refractivity contribution < 1.29 is 14.3 Å². The van der Waals surface area contributed by atoms with E-state index < -0.39 is 5.97 Å². The number of carbonyl (C=O) groups excluding carboxylic acids is 2. The van der Waals surface area contributed by atoms with Crippen LogP contribution < -0.4 is 5.32 Å². The molecule has 1 aromatic heterocycles. The predicted octanol–water partition coefficient (Wildman–Crippen LogP) is 4.00. The molecule has 0 aliphatic carbocycles. The molecule has 0 aliphatic heterocycles. The lowest BCUT2D eigenvalue weighted by molar-refractivity contribution is -0.115. The Morgan fingerprint density at radius 3 is 2.62 bits per heavy atom. The van der Waals surface area contributed by atoms with Crippen LogP contribution in [0.1, 0.15) is 36.8 Å². The molecule has 0 unspecified atom stereocenters. The number of amides is 1. The Morgan fingerprint density at radius 1 is 1.29 bits per heavy atom. The highest BCUT2D eigenvalue weighted by Gasteiger charge is 2.13. The van der Waals surface area contributed by atoms with Gasteiger partial charge in [0.2, 0.25) is 5.91 Å². The first-order valence-electron chi connectivity index (χ1n) is 7.66. The van der Waals surface area contributed by atoms with Gasteiger partial charge in [-0.1, -0.05) is 26.0 Å². The molecule has 0 spiro atoms. The summed E-state index contributed by atoms with van der Waals surface area (Å²) in [5, 5.41) is 5.21. The smallest absolute Gasteiger partial charge is 0.357 e. The zero-order chi connectivity index (χ0) is 17.5. The molecule has 2 aromatic rings. The molecule has 0 saturated heterocycles. The fourth-order valence-corrected chi connectivity index (χ4v) is 3.47. The van der Waals surface area contributed by atoms with E-state index in [0.717, 1.165) is 5.56 Å². The van der Waals surface area contributed by atoms with Crippen molar-refractivity contribution in [1.82, 2.24) is 4.98 Å². The summed E-state index contributed by atoms with van der Waals surface area (Å²) >= 11 is 2.99. The van der Waals surface area contributed by atoms with Gasteiger partial charge in [0.1, 0.15) is 0 Å². The third-order valence-corrected chi connectivity index (χ3v) is 4.67. The Kier molecular flexibility index (Phi) is 6.81. The highest BCUT2D eigenvalue weighted by atomic mass is 32.2. The molecule has 0 saturated carbocycles. The molecule has 7 heteroatoms. The predicted molar refractivity (Wildman–Crippen MR) is 97.8 cm³/mol. The summed E-state index contributed by atoms with van der Waals surface area (Å²) in [4.78, 5) is 28.9. The molecule has 0 aliphatic rings. The van der Waals surface area contributed by atoms with Gasteiger partial charge in [-0.3, -0.25) is 4.79 Å². The molecule has 1 aromatic carbocycles. The first-order chi connectivity index (χ1) is 11.5. The van der Waals surface area contributed by atoms with E-state index in [-0.39, 0.29) is 18.0 Å². The number of rotatable bonds is 7. The van der Waals surface area contributed by atoms with Crippen LogP contribution in [-0.2, 0) is 16.0 Å². The van der Waals surface area contributed by atoms with Crippen LogP contribution in [0.2, 0.25) is 0 Å². The molecule has 5 nitrogen and oxygen atoms in total. The van der Waals surface area contributed by atoms with E-state index in [1.807, 2.05) is 24.3 Å². The Morgan fingerprint density at radius 2 is 2.00 bits per heavy atom. The fourth-order valence-electron chi connectivity index (χ4n) is 1.94. The molecule has 0 radical (unpaired) electrons. The molecular formula is C17H20N2O3S2. The molecular weight excluding hydrogens is 344 g/mol. The van der Waals surface area contributed by atoms with Gasteiger partial charge in [0, 0.05) is 15.5 Å². The Balaban J connectivity index is 1.90. The summed E-state index contributed by atoms with van der Waals surface area (Å²) in [5.41, 5.74) is 1.15. The third kappa shape index (κ3) is 5.65. The quantitative estimate of drug-likeness (QED) is 0.594. The maximum absolute atomic E-state index is 12.1. The molecule has 128 valence electrons. The van der Waals surface area contributed by atoms with Crippen LogP contribution in [0.15, 0.2) is 34.5 Å². The van der Waals surface area contributed by atoms with Crippen molar-refractivity contribution in [2.24, 2.45) is 0 Å². The zero-order valence-electron chi connectivity index (χ0n) is 13.9. The number of aromatic nitrogens is 1. The molecule has 24 heavy (non-hydrogen) atoms. The van der Waals surface area contributed by atoms with Crippen molar-refractivity contribution in [2.75, 3.05) is 11.9 Å². The average molecular weight is 364 g/mol. The van der Waals surface area contributed by atoms with E-state index in [1.165, 1.54) is 16.2 Å². The minimum Gasteiger partial charge on any atom is -0.461 e. The number of nitrogens with one attached hydrogen (secondary N) is 1. The van der Waals surface area contributed by atoms with Crippen LogP contribution >= 0.6 is 23.1 Å². The number of nitrogens with zero attached hydrogens (tertiary/aromatic N) is 1. The summed E-state index contributed by atoms with van der Waals surface area (Å²) in [5.74, 6) is -0.642. The lowest BCUT2D eigenvalue weighted by Gasteiger charge is -2.06. The fraction of sp³-hybridized carbons (Fsp3) is 0.353. The first kappa shape index (κ1) is 18.5. The van der Waals surface area contributed by atoms with Gasteiger partial charge in [-0.2, -0.15) is 0 Å². The molecule has 1 amide bonds. The van der Waals surface area contributed by atoms with Crippen LogP contribution in [0, 0.1) is 0 Å². The summed E-state index contributed by atoms with van der Waals surface area (Å²) in [6.07, 6.45) is 0.265. The van der Waals surface area contributed by atoms with Gasteiger partial charge in [0.15, 0.2) is 10.8 Å². The highest BCUT2D eigenvalue weighted by Crippen LogP contribution is 2.23. The number of hydrogen-bond acceptors (Lipinski definition) is 6. The lowest BCUT2D eigenvalue weighted by Crippen LogP contribution is -2.14. The second-order valence-electron chi connectivity index (χ2n) is 5.29. The summed E-state index contributed by atoms with van der Waals surface area (Å²) in [7, 11) is 0. The van der Waals surface area contributed by atoms with E-state index in [4.69, 9.17) is 4.74 Å². The van der Waals surface area contributed by atoms with Crippen LogP contribution in [-0.4, -0.2) is 28.7 Å². The Hall–Kier alpha value is -1.86.